The zero-order valence-corrected chi connectivity index (χ0v) is 30.5. The van der Waals surface area contributed by atoms with Gasteiger partial charge >= 0.3 is 0 Å². The minimum Gasteiger partial charge on any atom is -0.368 e. The summed E-state index contributed by atoms with van der Waals surface area (Å²) in [5, 5.41) is 0. The summed E-state index contributed by atoms with van der Waals surface area (Å²) in [4.78, 5) is 0. The molecule has 0 N–H and O–H groups in total. The fourth-order valence-electron chi connectivity index (χ4n) is 7.37. The third-order valence-corrected chi connectivity index (χ3v) is 10.4. The lowest BCUT2D eigenvalue weighted by Gasteiger charge is -2.53. The molecule has 7 rings (SSSR count). The van der Waals surface area contributed by atoms with Gasteiger partial charge in [-0.3, -0.25) is 4.18 Å². The highest BCUT2D eigenvalue weighted by Gasteiger charge is 2.73. The third-order valence-electron chi connectivity index (χ3n) is 9.88. The molecular weight excluding hydrogens is 693 g/mol. The maximum Gasteiger partial charge on any atom is 0.264 e. The molecule has 6 atom stereocenters. The Labute approximate surface area is 311 Å². The lowest BCUT2D eigenvalue weighted by atomic mass is 9.78. The highest BCUT2D eigenvalue weighted by molar-refractivity contribution is 7.85. The van der Waals surface area contributed by atoms with Crippen molar-refractivity contribution in [1.82, 2.24) is 0 Å². The maximum atomic E-state index is 12.2. The van der Waals surface area contributed by atoms with Gasteiger partial charge in [0.15, 0.2) is 11.9 Å². The average Bonchev–Trinajstić information content (AvgIpc) is 3.44. The van der Waals surface area contributed by atoms with Gasteiger partial charge in [-0.05, 0) is 27.8 Å². The second-order valence-corrected chi connectivity index (χ2v) is 14.9. The van der Waals surface area contributed by atoms with E-state index < -0.39 is 52.0 Å². The van der Waals surface area contributed by atoms with E-state index in [9.17, 15) is 8.42 Å². The van der Waals surface area contributed by atoms with Crippen LogP contribution in [0.15, 0.2) is 152 Å². The summed E-state index contributed by atoms with van der Waals surface area (Å²) in [6.45, 7) is 0.191. The van der Waals surface area contributed by atoms with Gasteiger partial charge in [-0.1, -0.05) is 152 Å². The molecular formula is C43H44O9S. The van der Waals surface area contributed by atoms with E-state index in [4.69, 9.17) is 32.6 Å². The van der Waals surface area contributed by atoms with E-state index in [0.29, 0.717) is 0 Å². The Balaban J connectivity index is 1.32. The lowest BCUT2D eigenvalue weighted by molar-refractivity contribution is -0.330. The second kappa shape index (κ2) is 16.4. The number of benzene rings is 5. The van der Waals surface area contributed by atoms with Gasteiger partial charge in [0.25, 0.3) is 10.1 Å². The molecule has 0 aliphatic carbocycles. The average molecular weight is 737 g/mol. The molecule has 5 aromatic rings. The predicted octanol–water partition coefficient (Wildman–Crippen LogP) is 6.65. The first-order valence-corrected chi connectivity index (χ1v) is 19.5. The molecule has 53 heavy (non-hydrogen) atoms. The van der Waals surface area contributed by atoms with Gasteiger partial charge in [0, 0.05) is 7.11 Å². The van der Waals surface area contributed by atoms with Crippen molar-refractivity contribution in [2.75, 3.05) is 26.6 Å². The van der Waals surface area contributed by atoms with Crippen LogP contribution in [-0.2, 0) is 61.5 Å². The first-order valence-electron chi connectivity index (χ1n) is 17.7. The quantitative estimate of drug-likeness (QED) is 0.0768. The zero-order valence-electron chi connectivity index (χ0n) is 29.7. The van der Waals surface area contributed by atoms with Crippen molar-refractivity contribution >= 4 is 10.1 Å². The molecule has 0 radical (unpaired) electrons. The zero-order chi connectivity index (χ0) is 36.7. The van der Waals surface area contributed by atoms with Crippen LogP contribution in [0.1, 0.15) is 27.8 Å². The summed E-state index contributed by atoms with van der Waals surface area (Å²) in [5.41, 5.74) is 2.38. The van der Waals surface area contributed by atoms with Crippen molar-refractivity contribution in [3.8, 4) is 0 Å². The minimum atomic E-state index is -3.81. The number of methoxy groups -OCH3 is 1. The number of hydrogen-bond donors (Lipinski definition) is 0. The van der Waals surface area contributed by atoms with Crippen LogP contribution in [-0.4, -0.2) is 71.3 Å². The topological polar surface area (TPSA) is 98.8 Å². The van der Waals surface area contributed by atoms with E-state index in [0.717, 1.165) is 34.1 Å². The molecule has 2 heterocycles. The molecule has 2 aliphatic heterocycles. The Bertz CT molecular complexity index is 1890. The Hall–Kier alpha value is -4.23. The highest BCUT2D eigenvalue weighted by Crippen LogP contribution is 2.52. The molecule has 0 saturated carbocycles. The summed E-state index contributed by atoms with van der Waals surface area (Å²) in [6, 6.07) is 49.9. The summed E-state index contributed by atoms with van der Waals surface area (Å²) in [5.74, 6) is 0. The molecule has 0 aromatic heterocycles. The number of ether oxygens (including phenoxy) is 6. The van der Waals surface area contributed by atoms with Gasteiger partial charge in [0.05, 0.1) is 32.7 Å². The molecule has 9 nitrogen and oxygen atoms in total. The fourth-order valence-corrected chi connectivity index (χ4v) is 7.74. The van der Waals surface area contributed by atoms with Crippen molar-refractivity contribution in [3.63, 3.8) is 0 Å². The molecule has 0 spiro atoms. The van der Waals surface area contributed by atoms with Crippen LogP contribution in [0.3, 0.4) is 0 Å². The summed E-state index contributed by atoms with van der Waals surface area (Å²) < 4.78 is 69.7. The van der Waals surface area contributed by atoms with Crippen molar-refractivity contribution in [3.05, 3.63) is 179 Å². The first-order chi connectivity index (χ1) is 25.8. The lowest BCUT2D eigenvalue weighted by Crippen LogP contribution is -2.73. The Kier molecular flexibility index (Phi) is 11.5. The first kappa shape index (κ1) is 37.1. The Morgan fingerprint density at radius 2 is 1.15 bits per heavy atom. The predicted molar refractivity (Wildman–Crippen MR) is 199 cm³/mol. The van der Waals surface area contributed by atoms with E-state index in [-0.39, 0.29) is 26.4 Å². The third kappa shape index (κ3) is 7.87. The van der Waals surface area contributed by atoms with Gasteiger partial charge < -0.3 is 28.4 Å². The standard InChI is InChI=1S/C43H44O9S/c1-46-41-40-43(38(51-40)31-50-53(2,44)45,48-29-33-20-10-4-11-21-33)39(52-41)37(47-28-32-18-8-3-9-19-32)30-49-42(34-22-12-5-13-23-34,35-24-14-6-15-25-35)36-26-16-7-17-27-36/h3-27,37-41H,28-31H2,1-2H3/t37-,38-,39-,40-,41-,43-/m1/s1. The van der Waals surface area contributed by atoms with Crippen LogP contribution < -0.4 is 0 Å². The van der Waals surface area contributed by atoms with Crippen molar-refractivity contribution < 1.29 is 41.0 Å². The molecule has 0 unspecified atom stereocenters. The molecule has 5 aromatic carbocycles. The highest BCUT2D eigenvalue weighted by atomic mass is 32.2. The summed E-state index contributed by atoms with van der Waals surface area (Å²) in [6.07, 6.45) is -2.98. The van der Waals surface area contributed by atoms with Crippen LogP contribution in [0, 0.1) is 0 Å². The molecule has 276 valence electrons. The van der Waals surface area contributed by atoms with E-state index in [1.54, 1.807) is 7.11 Å². The van der Waals surface area contributed by atoms with Crippen molar-refractivity contribution in [2.45, 2.75) is 55.1 Å². The van der Waals surface area contributed by atoms with Crippen molar-refractivity contribution in [2.24, 2.45) is 0 Å². The normalized spacial score (nSPS) is 23.2. The Morgan fingerprint density at radius 1 is 0.679 bits per heavy atom. The molecule has 2 aliphatic rings. The molecule has 10 heteroatoms. The number of hydrogen-bond acceptors (Lipinski definition) is 9. The van der Waals surface area contributed by atoms with Gasteiger partial charge in [-0.2, -0.15) is 8.42 Å². The van der Waals surface area contributed by atoms with E-state index in [2.05, 4.69) is 36.4 Å². The van der Waals surface area contributed by atoms with Crippen molar-refractivity contribution in [1.29, 1.82) is 0 Å². The summed E-state index contributed by atoms with van der Waals surface area (Å²) in [7, 11) is -2.26. The van der Waals surface area contributed by atoms with Gasteiger partial charge in [0.2, 0.25) is 0 Å². The number of rotatable bonds is 17. The van der Waals surface area contributed by atoms with Gasteiger partial charge in [0.1, 0.15) is 30.0 Å². The van der Waals surface area contributed by atoms with Crippen LogP contribution in [0.2, 0.25) is 0 Å². The second-order valence-electron chi connectivity index (χ2n) is 13.2. The van der Waals surface area contributed by atoms with E-state index >= 15 is 0 Å². The smallest absolute Gasteiger partial charge is 0.264 e. The molecule has 0 amide bonds. The van der Waals surface area contributed by atoms with E-state index in [1.165, 1.54) is 0 Å². The molecule has 2 saturated heterocycles. The molecule has 0 bridgehead atoms. The van der Waals surface area contributed by atoms with Crippen LogP contribution in [0.4, 0.5) is 0 Å². The largest absolute Gasteiger partial charge is 0.368 e. The monoisotopic (exact) mass is 736 g/mol. The fraction of sp³-hybridized carbons (Fsp3) is 0.302. The maximum absolute atomic E-state index is 12.2. The minimum absolute atomic E-state index is 0.0371. The summed E-state index contributed by atoms with van der Waals surface area (Å²) >= 11 is 0. The van der Waals surface area contributed by atoms with E-state index in [1.807, 2.05) is 115 Å². The molecule has 2 fully saturated rings. The number of fused-ring (bicyclic) bond motifs is 1. The van der Waals surface area contributed by atoms with Gasteiger partial charge in [-0.25, -0.2) is 0 Å². The van der Waals surface area contributed by atoms with Crippen LogP contribution in [0.5, 0.6) is 0 Å². The van der Waals surface area contributed by atoms with Gasteiger partial charge in [-0.15, -0.1) is 0 Å². The Morgan fingerprint density at radius 3 is 1.62 bits per heavy atom. The SMILES string of the molecule is CO[C@@H]1O[C@H]([C@@H](COC(c2ccccc2)(c2ccccc2)c2ccccc2)OCc2ccccc2)[C@@]2(OCc3ccccc3)[C@@H]1O[C@@H]2COS(C)(=O)=O. The van der Waals surface area contributed by atoms with Crippen LogP contribution in [0.25, 0.3) is 0 Å². The van der Waals surface area contributed by atoms with Crippen LogP contribution >= 0.6 is 0 Å².